The van der Waals surface area contributed by atoms with Crippen molar-refractivity contribution in [3.63, 3.8) is 0 Å². The van der Waals surface area contributed by atoms with E-state index in [1.54, 1.807) is 0 Å². The number of esters is 1. The van der Waals surface area contributed by atoms with Crippen molar-refractivity contribution in [1.29, 1.82) is 0 Å². The van der Waals surface area contributed by atoms with E-state index < -0.39 is 0 Å². The molecule has 1 heterocycles. The van der Waals surface area contributed by atoms with Gasteiger partial charge in [0.05, 0.1) is 18.4 Å². The summed E-state index contributed by atoms with van der Waals surface area (Å²) in [5, 5.41) is 3.39. The summed E-state index contributed by atoms with van der Waals surface area (Å²) in [6, 6.07) is 7.68. The third-order valence-electron chi connectivity index (χ3n) is 3.21. The van der Waals surface area contributed by atoms with Crippen LogP contribution in [0.4, 0.5) is 5.69 Å². The molecule has 0 radical (unpaired) electrons. The maximum Gasteiger partial charge on any atom is 0.339 e. The minimum Gasteiger partial charge on any atom is -0.465 e. The highest BCUT2D eigenvalue weighted by molar-refractivity contribution is 5.95. The lowest BCUT2D eigenvalue weighted by molar-refractivity contribution is 0.0601. The molecule has 0 aliphatic carbocycles. The SMILES string of the molecule is COC(=O)c1ccccc1N1CCCNCCC1. The fraction of sp³-hybridized carbons (Fsp3) is 0.500. The molecule has 0 spiro atoms. The molecule has 1 aromatic carbocycles. The lowest BCUT2D eigenvalue weighted by atomic mass is 10.1. The second-order valence-electron chi connectivity index (χ2n) is 4.45. The van der Waals surface area contributed by atoms with Crippen molar-refractivity contribution < 1.29 is 9.53 Å². The van der Waals surface area contributed by atoms with E-state index in [9.17, 15) is 4.79 Å². The van der Waals surface area contributed by atoms with Crippen LogP contribution in [0, 0.1) is 0 Å². The molecular weight excluding hydrogens is 228 g/mol. The van der Waals surface area contributed by atoms with Crippen LogP contribution in [-0.4, -0.2) is 39.3 Å². The fourth-order valence-corrected chi connectivity index (χ4v) is 2.30. The molecule has 18 heavy (non-hydrogen) atoms. The van der Waals surface area contributed by atoms with Gasteiger partial charge in [0.2, 0.25) is 0 Å². The Morgan fingerprint density at radius 2 is 1.89 bits per heavy atom. The summed E-state index contributed by atoms with van der Waals surface area (Å²) in [5.41, 5.74) is 1.65. The van der Waals surface area contributed by atoms with Gasteiger partial charge in [-0.15, -0.1) is 0 Å². The minimum atomic E-state index is -0.259. The molecule has 4 nitrogen and oxygen atoms in total. The largest absolute Gasteiger partial charge is 0.465 e. The number of nitrogens with zero attached hydrogens (tertiary/aromatic N) is 1. The first-order chi connectivity index (χ1) is 8.83. The van der Waals surface area contributed by atoms with Gasteiger partial charge in [0.15, 0.2) is 0 Å². The molecule has 0 atom stereocenters. The van der Waals surface area contributed by atoms with E-state index in [1.165, 1.54) is 7.11 Å². The number of methoxy groups -OCH3 is 1. The Kier molecular flexibility index (Phi) is 4.59. The summed E-state index contributed by atoms with van der Waals surface area (Å²) in [4.78, 5) is 14.1. The molecule has 0 saturated carbocycles. The van der Waals surface area contributed by atoms with Gasteiger partial charge in [-0.3, -0.25) is 0 Å². The average molecular weight is 248 g/mol. The van der Waals surface area contributed by atoms with E-state index in [0.29, 0.717) is 5.56 Å². The van der Waals surface area contributed by atoms with E-state index in [0.717, 1.165) is 44.7 Å². The Hall–Kier alpha value is -1.55. The van der Waals surface area contributed by atoms with E-state index >= 15 is 0 Å². The molecule has 98 valence electrons. The molecule has 1 saturated heterocycles. The Balaban J connectivity index is 2.22. The van der Waals surface area contributed by atoms with Gasteiger partial charge in [0.25, 0.3) is 0 Å². The highest BCUT2D eigenvalue weighted by Gasteiger charge is 2.16. The molecule has 0 amide bonds. The molecule has 0 unspecified atom stereocenters. The number of carbonyl (C=O) groups is 1. The van der Waals surface area contributed by atoms with Gasteiger partial charge in [-0.05, 0) is 38.1 Å². The highest BCUT2D eigenvalue weighted by atomic mass is 16.5. The second kappa shape index (κ2) is 6.40. The van der Waals surface area contributed by atoms with Crippen LogP contribution in [0.25, 0.3) is 0 Å². The third kappa shape index (κ3) is 3.01. The molecular formula is C14H20N2O2. The maximum absolute atomic E-state index is 11.8. The summed E-state index contributed by atoms with van der Waals surface area (Å²) < 4.78 is 4.85. The van der Waals surface area contributed by atoms with Crippen LogP contribution < -0.4 is 10.2 Å². The molecule has 1 fully saturated rings. The molecule has 4 heteroatoms. The lowest BCUT2D eigenvalue weighted by Crippen LogP contribution is -2.34. The first kappa shape index (κ1) is 12.9. The summed E-state index contributed by atoms with van der Waals surface area (Å²) in [6.07, 6.45) is 2.19. The van der Waals surface area contributed by atoms with Crippen LogP contribution >= 0.6 is 0 Å². The van der Waals surface area contributed by atoms with Crippen molar-refractivity contribution in [2.75, 3.05) is 38.2 Å². The zero-order valence-corrected chi connectivity index (χ0v) is 10.8. The number of nitrogens with one attached hydrogen (secondary N) is 1. The van der Waals surface area contributed by atoms with E-state index in [2.05, 4.69) is 10.2 Å². The van der Waals surface area contributed by atoms with Crippen LogP contribution in [0.3, 0.4) is 0 Å². The summed E-state index contributed by atoms with van der Waals surface area (Å²) >= 11 is 0. The molecule has 1 N–H and O–H groups in total. The number of rotatable bonds is 2. The lowest BCUT2D eigenvalue weighted by Gasteiger charge is -2.28. The number of ether oxygens (including phenoxy) is 1. The maximum atomic E-state index is 11.8. The summed E-state index contributed by atoms with van der Waals surface area (Å²) in [6.45, 7) is 4.02. The van der Waals surface area contributed by atoms with Crippen LogP contribution in [0.2, 0.25) is 0 Å². The van der Waals surface area contributed by atoms with Crippen molar-refractivity contribution in [2.24, 2.45) is 0 Å². The average Bonchev–Trinajstić information content (AvgIpc) is 2.38. The Bertz CT molecular complexity index is 399. The highest BCUT2D eigenvalue weighted by Crippen LogP contribution is 2.22. The minimum absolute atomic E-state index is 0.259. The Labute approximate surface area is 108 Å². The van der Waals surface area contributed by atoms with Gasteiger partial charge < -0.3 is 15.0 Å². The van der Waals surface area contributed by atoms with Crippen molar-refractivity contribution in [3.8, 4) is 0 Å². The topological polar surface area (TPSA) is 41.6 Å². The predicted octanol–water partition coefficient (Wildman–Crippen LogP) is 1.66. The predicted molar refractivity (Wildman–Crippen MR) is 72.1 cm³/mol. The summed E-state index contributed by atoms with van der Waals surface area (Å²) in [5.74, 6) is -0.259. The molecule has 1 aromatic rings. The van der Waals surface area contributed by atoms with Crippen molar-refractivity contribution in [3.05, 3.63) is 29.8 Å². The molecule has 1 aliphatic heterocycles. The van der Waals surface area contributed by atoms with E-state index in [4.69, 9.17) is 4.74 Å². The number of benzene rings is 1. The van der Waals surface area contributed by atoms with Crippen molar-refractivity contribution in [1.82, 2.24) is 5.32 Å². The number of para-hydroxylation sites is 1. The zero-order valence-electron chi connectivity index (χ0n) is 10.8. The van der Waals surface area contributed by atoms with Crippen LogP contribution in [0.5, 0.6) is 0 Å². The van der Waals surface area contributed by atoms with Gasteiger partial charge in [0.1, 0.15) is 0 Å². The van der Waals surface area contributed by atoms with E-state index in [1.807, 2.05) is 24.3 Å². The normalized spacial score (nSPS) is 16.8. The molecule has 1 aliphatic rings. The standard InChI is InChI=1S/C14H20N2O2/c1-18-14(17)12-6-2-3-7-13(12)16-10-4-8-15-9-5-11-16/h2-3,6-7,15H,4-5,8-11H2,1H3. The second-order valence-corrected chi connectivity index (χ2v) is 4.45. The van der Waals surface area contributed by atoms with Crippen LogP contribution in [0.15, 0.2) is 24.3 Å². The number of anilines is 1. The zero-order chi connectivity index (χ0) is 12.8. The molecule has 0 bridgehead atoms. The number of carbonyl (C=O) groups excluding carboxylic acids is 1. The van der Waals surface area contributed by atoms with Gasteiger partial charge in [0, 0.05) is 13.1 Å². The number of hydrogen-bond donors (Lipinski definition) is 1. The molecule has 2 rings (SSSR count). The molecule has 0 aromatic heterocycles. The summed E-state index contributed by atoms with van der Waals surface area (Å²) in [7, 11) is 1.43. The first-order valence-corrected chi connectivity index (χ1v) is 6.46. The van der Waals surface area contributed by atoms with E-state index in [-0.39, 0.29) is 5.97 Å². The van der Waals surface area contributed by atoms with Gasteiger partial charge >= 0.3 is 5.97 Å². The Morgan fingerprint density at radius 1 is 1.22 bits per heavy atom. The van der Waals surface area contributed by atoms with Gasteiger partial charge in [-0.2, -0.15) is 0 Å². The van der Waals surface area contributed by atoms with Crippen molar-refractivity contribution >= 4 is 11.7 Å². The monoisotopic (exact) mass is 248 g/mol. The van der Waals surface area contributed by atoms with Crippen LogP contribution in [0.1, 0.15) is 23.2 Å². The van der Waals surface area contributed by atoms with Crippen LogP contribution in [-0.2, 0) is 4.74 Å². The smallest absolute Gasteiger partial charge is 0.339 e. The van der Waals surface area contributed by atoms with Crippen molar-refractivity contribution in [2.45, 2.75) is 12.8 Å². The quantitative estimate of drug-likeness (QED) is 0.808. The first-order valence-electron chi connectivity index (χ1n) is 6.46. The number of hydrogen-bond acceptors (Lipinski definition) is 4. The fourth-order valence-electron chi connectivity index (χ4n) is 2.30. The Morgan fingerprint density at radius 3 is 2.56 bits per heavy atom. The van der Waals surface area contributed by atoms with Gasteiger partial charge in [-0.25, -0.2) is 4.79 Å². The van der Waals surface area contributed by atoms with Gasteiger partial charge in [-0.1, -0.05) is 12.1 Å². The third-order valence-corrected chi connectivity index (χ3v) is 3.21.